The van der Waals surface area contributed by atoms with Gasteiger partial charge in [0.1, 0.15) is 0 Å². The van der Waals surface area contributed by atoms with Gasteiger partial charge in [0.05, 0.1) is 24.0 Å². The van der Waals surface area contributed by atoms with Crippen LogP contribution in [0.5, 0.6) is 0 Å². The van der Waals surface area contributed by atoms with Crippen LogP contribution in [0.4, 0.5) is 0 Å². The molecular weight excluding hydrogens is 240 g/mol. The van der Waals surface area contributed by atoms with E-state index >= 15 is 0 Å². The highest BCUT2D eigenvalue weighted by molar-refractivity contribution is 7.91. The van der Waals surface area contributed by atoms with Gasteiger partial charge in [0.2, 0.25) is 0 Å². The summed E-state index contributed by atoms with van der Waals surface area (Å²) in [5.74, 6) is -1.08. The maximum absolute atomic E-state index is 11.1. The third kappa shape index (κ3) is 4.43. The lowest BCUT2D eigenvalue weighted by Gasteiger charge is -2.14. The van der Waals surface area contributed by atoms with E-state index in [1.54, 1.807) is 0 Å². The molecule has 1 atom stereocenters. The van der Waals surface area contributed by atoms with E-state index in [4.69, 9.17) is 12.2 Å². The monoisotopic (exact) mass is 251 g/mol. The Morgan fingerprint density at radius 1 is 1.53 bits per heavy atom. The third-order valence-corrected chi connectivity index (χ3v) is 3.99. The number of carboxylic acid groups (broad SMARTS) is 1. The van der Waals surface area contributed by atoms with Crippen LogP contribution in [0.3, 0.4) is 0 Å². The molecule has 0 unspecified atom stereocenters. The summed E-state index contributed by atoms with van der Waals surface area (Å²) in [6.07, 6.45) is 0.496. The number of aliphatic carboxylic acids is 1. The van der Waals surface area contributed by atoms with Crippen LogP contribution in [-0.4, -0.2) is 43.6 Å². The number of hydrogen-bond donors (Lipinski definition) is 2. The maximum atomic E-state index is 11.1. The quantitative estimate of drug-likeness (QED) is 0.530. The van der Waals surface area contributed by atoms with Crippen LogP contribution < -0.4 is 15.7 Å². The number of thiocarbonyl (C=S) groups is 1. The molecule has 15 heavy (non-hydrogen) atoms. The zero-order valence-electron chi connectivity index (χ0n) is 7.86. The molecule has 0 bridgehead atoms. The zero-order valence-corrected chi connectivity index (χ0v) is 9.49. The molecule has 1 rings (SSSR count). The van der Waals surface area contributed by atoms with Gasteiger partial charge in [-0.2, -0.15) is 0 Å². The van der Waals surface area contributed by atoms with Gasteiger partial charge in [-0.05, 0) is 18.6 Å². The first-order valence-electron chi connectivity index (χ1n) is 4.34. The van der Waals surface area contributed by atoms with Crippen molar-refractivity contribution in [1.82, 2.24) is 10.6 Å². The third-order valence-electron chi connectivity index (χ3n) is 1.96. The number of sulfone groups is 1. The summed E-state index contributed by atoms with van der Waals surface area (Å²) >= 11 is 4.78. The molecule has 6 nitrogen and oxygen atoms in total. The van der Waals surface area contributed by atoms with Gasteiger partial charge in [-0.3, -0.25) is 0 Å². The first-order valence-corrected chi connectivity index (χ1v) is 6.56. The molecule has 1 aliphatic rings. The summed E-state index contributed by atoms with van der Waals surface area (Å²) in [7, 11) is -2.95. The summed E-state index contributed by atoms with van der Waals surface area (Å²) in [5, 5.41) is 15.4. The van der Waals surface area contributed by atoms with Gasteiger partial charge in [0, 0.05) is 6.04 Å². The zero-order chi connectivity index (χ0) is 11.5. The predicted octanol–water partition coefficient (Wildman–Crippen LogP) is -2.61. The molecule has 0 aromatic carbocycles. The van der Waals surface area contributed by atoms with E-state index in [9.17, 15) is 18.3 Å². The number of carboxylic acids is 1. The lowest BCUT2D eigenvalue weighted by atomic mass is 10.3. The van der Waals surface area contributed by atoms with Crippen molar-refractivity contribution >= 4 is 33.1 Å². The number of hydrogen-bond acceptors (Lipinski definition) is 5. The van der Waals surface area contributed by atoms with Crippen LogP contribution in [0, 0.1) is 0 Å². The molecule has 0 saturated carbocycles. The Bertz CT molecular complexity index is 365. The van der Waals surface area contributed by atoms with Crippen LogP contribution >= 0.6 is 12.2 Å². The van der Waals surface area contributed by atoms with Gasteiger partial charge in [-0.25, -0.2) is 8.42 Å². The van der Waals surface area contributed by atoms with E-state index in [-0.39, 0.29) is 29.2 Å². The van der Waals surface area contributed by atoms with Crippen molar-refractivity contribution in [3.63, 3.8) is 0 Å². The Hall–Kier alpha value is -0.890. The van der Waals surface area contributed by atoms with Gasteiger partial charge in [-0.15, -0.1) is 0 Å². The minimum atomic E-state index is -2.95. The van der Waals surface area contributed by atoms with E-state index in [0.717, 1.165) is 0 Å². The first-order chi connectivity index (χ1) is 6.89. The average molecular weight is 251 g/mol. The highest BCUT2D eigenvalue weighted by atomic mass is 32.2. The molecule has 1 aliphatic heterocycles. The second-order valence-electron chi connectivity index (χ2n) is 3.30. The van der Waals surface area contributed by atoms with E-state index in [1.807, 2.05) is 0 Å². The van der Waals surface area contributed by atoms with Gasteiger partial charge in [0.15, 0.2) is 14.9 Å². The molecule has 0 aromatic heterocycles. The predicted molar refractivity (Wildman–Crippen MR) is 55.8 cm³/mol. The second-order valence-corrected chi connectivity index (χ2v) is 5.94. The minimum Gasteiger partial charge on any atom is -0.548 e. The molecule has 8 heteroatoms. The number of nitrogens with one attached hydrogen (secondary N) is 2. The molecule has 1 saturated heterocycles. The van der Waals surface area contributed by atoms with E-state index in [2.05, 4.69) is 10.6 Å². The normalized spacial score (nSPS) is 23.3. The molecule has 1 fully saturated rings. The molecular formula is C7H11N2O4S2-. The van der Waals surface area contributed by atoms with Crippen LogP contribution in [-0.2, 0) is 14.6 Å². The summed E-state index contributed by atoms with van der Waals surface area (Å²) < 4.78 is 22.2. The molecule has 1 heterocycles. The van der Waals surface area contributed by atoms with Gasteiger partial charge >= 0.3 is 0 Å². The smallest absolute Gasteiger partial charge is 0.166 e. The summed E-state index contributed by atoms with van der Waals surface area (Å²) in [4.78, 5) is 10.1. The molecule has 0 spiro atoms. The highest BCUT2D eigenvalue weighted by Gasteiger charge is 2.27. The van der Waals surface area contributed by atoms with E-state index < -0.39 is 15.8 Å². The number of carbonyl (C=O) groups is 1. The lowest BCUT2D eigenvalue weighted by Crippen LogP contribution is -2.46. The Labute approximate surface area is 93.0 Å². The number of rotatable bonds is 3. The fraction of sp³-hybridized carbons (Fsp3) is 0.714. The fourth-order valence-electron chi connectivity index (χ4n) is 1.30. The van der Waals surface area contributed by atoms with Crippen LogP contribution in [0.2, 0.25) is 0 Å². The summed E-state index contributed by atoms with van der Waals surface area (Å²) in [6.45, 7) is -0.384. The molecule has 0 aromatic rings. The molecule has 0 radical (unpaired) electrons. The second kappa shape index (κ2) is 4.75. The highest BCUT2D eigenvalue weighted by Crippen LogP contribution is 2.10. The molecule has 2 N–H and O–H groups in total. The topological polar surface area (TPSA) is 98.3 Å². The first kappa shape index (κ1) is 12.2. The summed E-state index contributed by atoms with van der Waals surface area (Å²) in [5.41, 5.74) is 0. The van der Waals surface area contributed by atoms with Crippen molar-refractivity contribution in [1.29, 1.82) is 0 Å². The van der Waals surface area contributed by atoms with Crippen molar-refractivity contribution < 1.29 is 18.3 Å². The van der Waals surface area contributed by atoms with Crippen molar-refractivity contribution in [3.8, 4) is 0 Å². The standard InChI is InChI=1S/C7H12N2O4S2/c10-6(11)3-8-7(14)9-5-1-2-15(12,13)4-5/h5H,1-4H2,(H,10,11)(H2,8,9,14)/p-1/t5-/m1/s1. The fourth-order valence-corrected chi connectivity index (χ4v) is 3.21. The van der Waals surface area contributed by atoms with Crippen LogP contribution in [0.1, 0.15) is 6.42 Å². The Kier molecular flexibility index (Phi) is 3.86. The summed E-state index contributed by atoms with van der Waals surface area (Å²) in [6, 6.07) is -0.225. The van der Waals surface area contributed by atoms with Crippen LogP contribution in [0.15, 0.2) is 0 Å². The van der Waals surface area contributed by atoms with E-state index in [0.29, 0.717) is 6.42 Å². The lowest BCUT2D eigenvalue weighted by molar-refractivity contribution is -0.303. The van der Waals surface area contributed by atoms with E-state index in [1.165, 1.54) is 0 Å². The number of carbonyl (C=O) groups excluding carboxylic acids is 1. The Morgan fingerprint density at radius 3 is 2.67 bits per heavy atom. The van der Waals surface area contributed by atoms with Crippen molar-refractivity contribution in [2.24, 2.45) is 0 Å². The van der Waals surface area contributed by atoms with Crippen LogP contribution in [0.25, 0.3) is 0 Å². The van der Waals surface area contributed by atoms with Gasteiger partial charge < -0.3 is 20.5 Å². The van der Waals surface area contributed by atoms with Crippen molar-refractivity contribution in [3.05, 3.63) is 0 Å². The molecule has 0 amide bonds. The van der Waals surface area contributed by atoms with Gasteiger partial charge in [0.25, 0.3) is 0 Å². The largest absolute Gasteiger partial charge is 0.548 e. The molecule has 0 aliphatic carbocycles. The maximum Gasteiger partial charge on any atom is 0.166 e. The Balaban J connectivity index is 2.31. The van der Waals surface area contributed by atoms with Crippen molar-refractivity contribution in [2.75, 3.05) is 18.1 Å². The van der Waals surface area contributed by atoms with Gasteiger partial charge in [-0.1, -0.05) is 0 Å². The average Bonchev–Trinajstić information content (AvgIpc) is 2.42. The Morgan fingerprint density at radius 2 is 2.20 bits per heavy atom. The molecule has 86 valence electrons. The van der Waals surface area contributed by atoms with Crippen molar-refractivity contribution in [2.45, 2.75) is 12.5 Å². The minimum absolute atomic E-state index is 0.0418. The SMILES string of the molecule is O=C([O-])CNC(=S)N[C@@H]1CCS(=O)(=O)C1.